The summed E-state index contributed by atoms with van der Waals surface area (Å²) in [5, 5.41) is 23.2. The quantitative estimate of drug-likeness (QED) is 0.560. The van der Waals surface area contributed by atoms with Gasteiger partial charge < -0.3 is 10.4 Å². The fourth-order valence-electron chi connectivity index (χ4n) is 1.45. The summed E-state index contributed by atoms with van der Waals surface area (Å²) >= 11 is 0. The van der Waals surface area contributed by atoms with Crippen molar-refractivity contribution in [3.8, 4) is 0 Å². The zero-order valence-electron chi connectivity index (χ0n) is 9.22. The van der Waals surface area contributed by atoms with E-state index in [1.807, 2.05) is 6.92 Å². The predicted molar refractivity (Wildman–Crippen MR) is 61.4 cm³/mol. The van der Waals surface area contributed by atoms with Gasteiger partial charge >= 0.3 is 0 Å². The number of aliphatic hydroxyl groups is 1. The van der Waals surface area contributed by atoms with E-state index in [0.29, 0.717) is 13.0 Å². The second-order valence-corrected chi connectivity index (χ2v) is 3.59. The van der Waals surface area contributed by atoms with Crippen LogP contribution in [0.2, 0.25) is 0 Å². The number of nitro groups is 1. The maximum absolute atomic E-state index is 10.5. The number of nitro benzene ring substituents is 1. The van der Waals surface area contributed by atoms with Gasteiger partial charge in [-0.3, -0.25) is 10.1 Å². The Balaban J connectivity index is 2.59. The zero-order chi connectivity index (χ0) is 12.0. The lowest BCUT2D eigenvalue weighted by atomic mass is 10.1. The molecular formula is C11H16N2O3. The Hall–Kier alpha value is -1.46. The van der Waals surface area contributed by atoms with Crippen molar-refractivity contribution in [2.24, 2.45) is 0 Å². The first kappa shape index (κ1) is 12.6. The van der Waals surface area contributed by atoms with Gasteiger partial charge in [-0.25, -0.2) is 0 Å². The van der Waals surface area contributed by atoms with E-state index in [4.69, 9.17) is 0 Å². The fourth-order valence-corrected chi connectivity index (χ4v) is 1.45. The Labute approximate surface area is 94.3 Å². The molecule has 16 heavy (non-hydrogen) atoms. The Bertz CT molecular complexity index is 355. The van der Waals surface area contributed by atoms with Crippen LogP contribution in [0.15, 0.2) is 24.3 Å². The number of hydrogen-bond acceptors (Lipinski definition) is 4. The van der Waals surface area contributed by atoms with Crippen molar-refractivity contribution < 1.29 is 10.0 Å². The SMILES string of the molecule is CCNCC(O)Cc1cccc([N+](=O)[O-])c1. The molecule has 1 aromatic carbocycles. The summed E-state index contributed by atoms with van der Waals surface area (Å²) in [7, 11) is 0. The molecule has 5 nitrogen and oxygen atoms in total. The van der Waals surface area contributed by atoms with Crippen LogP contribution in [0.1, 0.15) is 12.5 Å². The van der Waals surface area contributed by atoms with Crippen molar-refractivity contribution in [3.63, 3.8) is 0 Å². The first-order valence-corrected chi connectivity index (χ1v) is 5.25. The Morgan fingerprint density at radius 3 is 2.94 bits per heavy atom. The summed E-state index contributed by atoms with van der Waals surface area (Å²) in [6.45, 7) is 3.26. The van der Waals surface area contributed by atoms with Gasteiger partial charge in [-0.2, -0.15) is 0 Å². The van der Waals surface area contributed by atoms with Gasteiger partial charge in [0.25, 0.3) is 5.69 Å². The summed E-state index contributed by atoms with van der Waals surface area (Å²) in [6.07, 6.45) is -0.0868. The van der Waals surface area contributed by atoms with Gasteiger partial charge in [0.2, 0.25) is 0 Å². The van der Waals surface area contributed by atoms with E-state index in [1.54, 1.807) is 12.1 Å². The topological polar surface area (TPSA) is 75.4 Å². The Morgan fingerprint density at radius 1 is 1.56 bits per heavy atom. The highest BCUT2D eigenvalue weighted by molar-refractivity contribution is 5.34. The summed E-state index contributed by atoms with van der Waals surface area (Å²) in [5.41, 5.74) is 0.841. The zero-order valence-corrected chi connectivity index (χ0v) is 9.22. The number of aliphatic hydroxyl groups excluding tert-OH is 1. The van der Waals surface area contributed by atoms with Crippen molar-refractivity contribution >= 4 is 5.69 Å². The van der Waals surface area contributed by atoms with E-state index in [2.05, 4.69) is 5.32 Å². The summed E-state index contributed by atoms with van der Waals surface area (Å²) < 4.78 is 0. The molecule has 1 atom stereocenters. The summed E-state index contributed by atoms with van der Waals surface area (Å²) in [4.78, 5) is 10.1. The summed E-state index contributed by atoms with van der Waals surface area (Å²) in [6, 6.07) is 6.35. The van der Waals surface area contributed by atoms with Crippen molar-refractivity contribution in [3.05, 3.63) is 39.9 Å². The molecule has 0 saturated heterocycles. The Kier molecular flexibility index (Phi) is 4.88. The molecule has 0 spiro atoms. The molecule has 1 aromatic rings. The molecule has 5 heteroatoms. The predicted octanol–water partition coefficient (Wildman–Crippen LogP) is 1.11. The minimum absolute atomic E-state index is 0.0631. The van der Waals surface area contributed by atoms with Gasteiger partial charge in [0.1, 0.15) is 0 Å². The highest BCUT2D eigenvalue weighted by Gasteiger charge is 2.09. The van der Waals surface area contributed by atoms with Crippen LogP contribution in [0.5, 0.6) is 0 Å². The monoisotopic (exact) mass is 224 g/mol. The highest BCUT2D eigenvalue weighted by Crippen LogP contribution is 2.14. The lowest BCUT2D eigenvalue weighted by Crippen LogP contribution is -2.28. The molecule has 1 unspecified atom stereocenters. The number of rotatable bonds is 6. The smallest absolute Gasteiger partial charge is 0.269 e. The van der Waals surface area contributed by atoms with Crippen molar-refractivity contribution in [1.82, 2.24) is 5.32 Å². The number of nitrogens with zero attached hydrogens (tertiary/aromatic N) is 1. The molecular weight excluding hydrogens is 208 g/mol. The third-order valence-electron chi connectivity index (χ3n) is 2.22. The number of hydrogen-bond donors (Lipinski definition) is 2. The molecule has 1 rings (SSSR count). The third kappa shape index (κ3) is 3.96. The van der Waals surface area contributed by atoms with Crippen LogP contribution in [0.3, 0.4) is 0 Å². The molecule has 88 valence electrons. The van der Waals surface area contributed by atoms with Crippen LogP contribution < -0.4 is 5.32 Å². The average molecular weight is 224 g/mol. The van der Waals surface area contributed by atoms with Gasteiger partial charge in [-0.05, 0) is 18.5 Å². The number of non-ortho nitro benzene ring substituents is 1. The van der Waals surface area contributed by atoms with E-state index in [0.717, 1.165) is 12.1 Å². The Morgan fingerprint density at radius 2 is 2.31 bits per heavy atom. The number of nitrogens with one attached hydrogen (secondary N) is 1. The van der Waals surface area contributed by atoms with Gasteiger partial charge in [0, 0.05) is 18.7 Å². The lowest BCUT2D eigenvalue weighted by Gasteiger charge is -2.10. The van der Waals surface area contributed by atoms with Crippen molar-refractivity contribution in [2.75, 3.05) is 13.1 Å². The molecule has 0 saturated carbocycles. The molecule has 0 fully saturated rings. The molecule has 0 aliphatic carbocycles. The molecule has 0 aromatic heterocycles. The first-order valence-electron chi connectivity index (χ1n) is 5.25. The number of benzene rings is 1. The second-order valence-electron chi connectivity index (χ2n) is 3.59. The first-order chi connectivity index (χ1) is 7.63. The standard InChI is InChI=1S/C11H16N2O3/c1-2-12-8-11(14)7-9-4-3-5-10(6-9)13(15)16/h3-6,11-12,14H,2,7-8H2,1H3. The average Bonchev–Trinajstić information content (AvgIpc) is 2.26. The highest BCUT2D eigenvalue weighted by atomic mass is 16.6. The molecule has 0 aliphatic heterocycles. The maximum atomic E-state index is 10.5. The lowest BCUT2D eigenvalue weighted by molar-refractivity contribution is -0.384. The van der Waals surface area contributed by atoms with Crippen molar-refractivity contribution in [1.29, 1.82) is 0 Å². The van der Waals surface area contributed by atoms with E-state index in [-0.39, 0.29) is 5.69 Å². The molecule has 0 amide bonds. The van der Waals surface area contributed by atoms with E-state index in [9.17, 15) is 15.2 Å². The van der Waals surface area contributed by atoms with Gasteiger partial charge in [0.15, 0.2) is 0 Å². The van der Waals surface area contributed by atoms with E-state index >= 15 is 0 Å². The minimum Gasteiger partial charge on any atom is -0.391 e. The van der Waals surface area contributed by atoms with E-state index in [1.165, 1.54) is 12.1 Å². The third-order valence-corrected chi connectivity index (χ3v) is 2.22. The molecule has 0 radical (unpaired) electrons. The van der Waals surface area contributed by atoms with Gasteiger partial charge in [-0.1, -0.05) is 19.1 Å². The normalized spacial score (nSPS) is 12.4. The number of likely N-dealkylation sites (N-methyl/N-ethyl adjacent to an activating group) is 1. The van der Waals surface area contributed by atoms with Crippen LogP contribution in [-0.2, 0) is 6.42 Å². The molecule has 0 heterocycles. The second kappa shape index (κ2) is 6.19. The van der Waals surface area contributed by atoms with Crippen LogP contribution in [0, 0.1) is 10.1 Å². The largest absolute Gasteiger partial charge is 0.391 e. The maximum Gasteiger partial charge on any atom is 0.269 e. The molecule has 0 aliphatic rings. The molecule has 2 N–H and O–H groups in total. The van der Waals surface area contributed by atoms with Crippen LogP contribution in [0.4, 0.5) is 5.69 Å². The van der Waals surface area contributed by atoms with Crippen LogP contribution >= 0.6 is 0 Å². The van der Waals surface area contributed by atoms with Crippen LogP contribution in [0.25, 0.3) is 0 Å². The van der Waals surface area contributed by atoms with Crippen molar-refractivity contribution in [2.45, 2.75) is 19.4 Å². The van der Waals surface area contributed by atoms with E-state index < -0.39 is 11.0 Å². The minimum atomic E-state index is -0.512. The van der Waals surface area contributed by atoms with Gasteiger partial charge in [0.05, 0.1) is 11.0 Å². The van der Waals surface area contributed by atoms with Crippen LogP contribution in [-0.4, -0.2) is 29.2 Å². The fraction of sp³-hybridized carbons (Fsp3) is 0.455. The molecule has 0 bridgehead atoms. The summed E-state index contributed by atoms with van der Waals surface area (Å²) in [5.74, 6) is 0. The van der Waals surface area contributed by atoms with Gasteiger partial charge in [-0.15, -0.1) is 0 Å².